The van der Waals surface area contributed by atoms with E-state index in [1.807, 2.05) is 0 Å². The number of hydrogen-bond acceptors (Lipinski definition) is 5. The standard InChI is InChI=1S/C10H6BrN3O3S/c11-6-3-5(10(16)17)1-2-7(6)13-9(15)8-4-12-14-18-8/h1-4H,(H,13,15)(H,16,17). The van der Waals surface area contributed by atoms with Crippen molar-refractivity contribution in [1.29, 1.82) is 0 Å². The molecule has 0 fully saturated rings. The van der Waals surface area contributed by atoms with Gasteiger partial charge in [-0.25, -0.2) is 4.79 Å². The molecule has 1 aromatic heterocycles. The van der Waals surface area contributed by atoms with Gasteiger partial charge in [0.2, 0.25) is 0 Å². The molecule has 1 aromatic carbocycles. The number of amides is 1. The van der Waals surface area contributed by atoms with Crippen LogP contribution in [-0.4, -0.2) is 26.6 Å². The van der Waals surface area contributed by atoms with E-state index in [2.05, 4.69) is 30.8 Å². The molecule has 0 unspecified atom stereocenters. The van der Waals surface area contributed by atoms with Crippen molar-refractivity contribution in [3.63, 3.8) is 0 Å². The van der Waals surface area contributed by atoms with Crippen LogP contribution in [0.25, 0.3) is 0 Å². The average molecular weight is 328 g/mol. The highest BCUT2D eigenvalue weighted by Gasteiger charge is 2.12. The lowest BCUT2D eigenvalue weighted by Crippen LogP contribution is -2.11. The summed E-state index contributed by atoms with van der Waals surface area (Å²) in [4.78, 5) is 22.9. The second-order valence-electron chi connectivity index (χ2n) is 3.24. The quantitative estimate of drug-likeness (QED) is 0.901. The molecule has 0 aliphatic carbocycles. The smallest absolute Gasteiger partial charge is 0.335 e. The Morgan fingerprint density at radius 1 is 1.39 bits per heavy atom. The summed E-state index contributed by atoms with van der Waals surface area (Å²) < 4.78 is 4.08. The Kier molecular flexibility index (Phi) is 3.68. The molecule has 8 heteroatoms. The van der Waals surface area contributed by atoms with Crippen molar-refractivity contribution < 1.29 is 14.7 Å². The summed E-state index contributed by atoms with van der Waals surface area (Å²) in [5.74, 6) is -1.37. The normalized spacial score (nSPS) is 10.1. The fourth-order valence-electron chi connectivity index (χ4n) is 1.20. The van der Waals surface area contributed by atoms with Crippen molar-refractivity contribution in [3.8, 4) is 0 Å². The van der Waals surface area contributed by atoms with Crippen LogP contribution in [0.15, 0.2) is 28.9 Å². The van der Waals surface area contributed by atoms with Crippen molar-refractivity contribution in [1.82, 2.24) is 9.59 Å². The van der Waals surface area contributed by atoms with Crippen molar-refractivity contribution in [2.24, 2.45) is 0 Å². The molecule has 1 amide bonds. The molecule has 0 saturated carbocycles. The van der Waals surface area contributed by atoms with Crippen LogP contribution in [0, 0.1) is 0 Å². The predicted molar refractivity (Wildman–Crippen MR) is 69.0 cm³/mol. The molecule has 0 bridgehead atoms. The van der Waals surface area contributed by atoms with E-state index in [1.165, 1.54) is 24.4 Å². The summed E-state index contributed by atoms with van der Waals surface area (Å²) in [7, 11) is 0. The van der Waals surface area contributed by atoms with Gasteiger partial charge < -0.3 is 10.4 Å². The summed E-state index contributed by atoms with van der Waals surface area (Å²) >= 11 is 4.18. The number of carbonyl (C=O) groups excluding carboxylic acids is 1. The number of nitrogens with zero attached hydrogens (tertiary/aromatic N) is 2. The molecule has 18 heavy (non-hydrogen) atoms. The van der Waals surface area contributed by atoms with Crippen LogP contribution in [0.4, 0.5) is 5.69 Å². The third-order valence-electron chi connectivity index (χ3n) is 2.05. The first kappa shape index (κ1) is 12.7. The fraction of sp³-hybridized carbons (Fsp3) is 0. The number of halogens is 1. The first-order valence-corrected chi connectivity index (χ1v) is 6.26. The van der Waals surface area contributed by atoms with Crippen molar-refractivity contribution in [2.75, 3.05) is 5.32 Å². The zero-order valence-corrected chi connectivity index (χ0v) is 11.2. The lowest BCUT2D eigenvalue weighted by molar-refractivity contribution is 0.0696. The van der Waals surface area contributed by atoms with E-state index in [0.717, 1.165) is 11.5 Å². The van der Waals surface area contributed by atoms with E-state index < -0.39 is 5.97 Å². The van der Waals surface area contributed by atoms with Gasteiger partial charge in [-0.1, -0.05) is 4.49 Å². The molecule has 1 heterocycles. The van der Waals surface area contributed by atoms with E-state index in [-0.39, 0.29) is 11.5 Å². The van der Waals surface area contributed by atoms with Crippen LogP contribution in [-0.2, 0) is 0 Å². The Bertz CT molecular complexity index is 600. The lowest BCUT2D eigenvalue weighted by Gasteiger charge is -2.06. The largest absolute Gasteiger partial charge is 0.478 e. The van der Waals surface area contributed by atoms with E-state index in [9.17, 15) is 9.59 Å². The summed E-state index contributed by atoms with van der Waals surface area (Å²) in [6.07, 6.45) is 1.36. The van der Waals surface area contributed by atoms with Gasteiger partial charge in [0, 0.05) is 4.47 Å². The van der Waals surface area contributed by atoms with Crippen LogP contribution in [0.1, 0.15) is 20.0 Å². The van der Waals surface area contributed by atoms with Gasteiger partial charge in [-0.2, -0.15) is 0 Å². The monoisotopic (exact) mass is 327 g/mol. The van der Waals surface area contributed by atoms with Crippen LogP contribution in [0.3, 0.4) is 0 Å². The zero-order chi connectivity index (χ0) is 13.1. The molecule has 2 rings (SSSR count). The second-order valence-corrected chi connectivity index (χ2v) is 4.88. The number of aromatic carboxylic acids is 1. The average Bonchev–Trinajstić information content (AvgIpc) is 2.85. The van der Waals surface area contributed by atoms with E-state index in [4.69, 9.17) is 5.11 Å². The molecule has 0 atom stereocenters. The first-order valence-electron chi connectivity index (χ1n) is 4.69. The fourth-order valence-corrected chi connectivity index (χ4v) is 2.09. The molecular formula is C10H6BrN3O3S. The number of nitrogens with one attached hydrogen (secondary N) is 1. The van der Waals surface area contributed by atoms with Crippen molar-refractivity contribution in [2.45, 2.75) is 0 Å². The number of carboxylic acid groups (broad SMARTS) is 1. The van der Waals surface area contributed by atoms with Crippen LogP contribution in [0.2, 0.25) is 0 Å². The highest BCUT2D eigenvalue weighted by molar-refractivity contribution is 9.10. The van der Waals surface area contributed by atoms with Crippen LogP contribution >= 0.6 is 27.5 Å². The van der Waals surface area contributed by atoms with E-state index in [1.54, 1.807) is 0 Å². The Morgan fingerprint density at radius 3 is 2.72 bits per heavy atom. The number of aromatic nitrogens is 2. The Morgan fingerprint density at radius 2 is 2.17 bits per heavy atom. The Balaban J connectivity index is 2.20. The summed E-state index contributed by atoms with van der Waals surface area (Å²) in [6, 6.07) is 4.34. The molecule has 0 spiro atoms. The van der Waals surface area contributed by atoms with E-state index >= 15 is 0 Å². The minimum atomic E-state index is -1.03. The minimum Gasteiger partial charge on any atom is -0.478 e. The van der Waals surface area contributed by atoms with Crippen molar-refractivity contribution >= 4 is 45.0 Å². The molecule has 0 saturated heterocycles. The van der Waals surface area contributed by atoms with Gasteiger partial charge in [0.25, 0.3) is 5.91 Å². The molecule has 92 valence electrons. The number of anilines is 1. The molecular weight excluding hydrogens is 322 g/mol. The third kappa shape index (κ3) is 2.71. The maximum absolute atomic E-state index is 11.7. The molecule has 0 radical (unpaired) electrons. The molecule has 2 aromatic rings. The lowest BCUT2D eigenvalue weighted by atomic mass is 10.2. The summed E-state index contributed by atoms with van der Waals surface area (Å²) in [6.45, 7) is 0. The topological polar surface area (TPSA) is 92.2 Å². The highest BCUT2D eigenvalue weighted by atomic mass is 79.9. The number of carboxylic acids is 1. The third-order valence-corrected chi connectivity index (χ3v) is 3.37. The highest BCUT2D eigenvalue weighted by Crippen LogP contribution is 2.24. The Labute approximate surface area is 114 Å². The van der Waals surface area contributed by atoms with Gasteiger partial charge in [0.1, 0.15) is 4.88 Å². The van der Waals surface area contributed by atoms with Gasteiger partial charge in [-0.05, 0) is 45.7 Å². The number of hydrogen-bond donors (Lipinski definition) is 2. The zero-order valence-electron chi connectivity index (χ0n) is 8.75. The predicted octanol–water partition coefficient (Wildman–Crippen LogP) is 2.25. The maximum atomic E-state index is 11.7. The Hall–Kier alpha value is -1.80. The van der Waals surface area contributed by atoms with Gasteiger partial charge in [0.15, 0.2) is 0 Å². The van der Waals surface area contributed by atoms with Crippen LogP contribution < -0.4 is 5.32 Å². The molecule has 0 aliphatic rings. The van der Waals surface area contributed by atoms with Gasteiger partial charge in [-0.15, -0.1) is 5.10 Å². The maximum Gasteiger partial charge on any atom is 0.335 e. The van der Waals surface area contributed by atoms with Crippen molar-refractivity contribution in [3.05, 3.63) is 39.3 Å². The molecule has 0 aliphatic heterocycles. The number of rotatable bonds is 3. The minimum absolute atomic E-state index is 0.138. The SMILES string of the molecule is O=C(O)c1ccc(NC(=O)c2cnns2)c(Br)c1. The summed E-state index contributed by atoms with van der Waals surface area (Å²) in [5.41, 5.74) is 0.623. The second kappa shape index (κ2) is 5.23. The molecule has 6 nitrogen and oxygen atoms in total. The van der Waals surface area contributed by atoms with E-state index in [0.29, 0.717) is 15.0 Å². The van der Waals surface area contributed by atoms with Gasteiger partial charge in [0.05, 0.1) is 17.4 Å². The van der Waals surface area contributed by atoms with Gasteiger partial charge >= 0.3 is 5.97 Å². The number of benzene rings is 1. The molecule has 2 N–H and O–H groups in total. The summed E-state index contributed by atoms with van der Waals surface area (Å²) in [5, 5.41) is 15.0. The first-order chi connectivity index (χ1) is 8.58. The number of carbonyl (C=O) groups is 2. The van der Waals surface area contributed by atoms with Gasteiger partial charge in [-0.3, -0.25) is 4.79 Å². The van der Waals surface area contributed by atoms with Crippen LogP contribution in [0.5, 0.6) is 0 Å².